The first-order chi connectivity index (χ1) is 14.1. The molecule has 1 saturated heterocycles. The number of aromatic nitrogens is 4. The zero-order valence-corrected chi connectivity index (χ0v) is 15.5. The largest absolute Gasteiger partial charge is 0.371 e. The second-order valence-electron chi connectivity index (χ2n) is 7.59. The fourth-order valence-electron chi connectivity index (χ4n) is 4.68. The quantitative estimate of drug-likeness (QED) is 0.458. The van der Waals surface area contributed by atoms with E-state index < -0.39 is 11.2 Å². The van der Waals surface area contributed by atoms with E-state index in [0.29, 0.717) is 11.0 Å². The van der Waals surface area contributed by atoms with Gasteiger partial charge in [0.25, 0.3) is 11.1 Å². The van der Waals surface area contributed by atoms with E-state index >= 15 is 0 Å². The number of hydrogen-bond donors (Lipinski definition) is 2. The highest BCUT2D eigenvalue weighted by molar-refractivity contribution is 6.18. The molecule has 0 aliphatic carbocycles. The molecule has 5 aromatic rings. The fourth-order valence-corrected chi connectivity index (χ4v) is 4.68. The zero-order valence-electron chi connectivity index (χ0n) is 15.5. The van der Waals surface area contributed by atoms with Gasteiger partial charge in [-0.1, -0.05) is 18.2 Å². The molecule has 0 unspecified atom stereocenters. The van der Waals surface area contributed by atoms with Gasteiger partial charge in [-0.05, 0) is 31.4 Å². The Morgan fingerprint density at radius 1 is 0.862 bits per heavy atom. The van der Waals surface area contributed by atoms with E-state index in [-0.39, 0.29) is 16.7 Å². The molecule has 4 heterocycles. The van der Waals surface area contributed by atoms with Gasteiger partial charge < -0.3 is 4.90 Å². The number of benzene rings is 2. The molecule has 2 N–H and O–H groups in total. The number of anilines is 1. The summed E-state index contributed by atoms with van der Waals surface area (Å²) in [7, 11) is 0. The van der Waals surface area contributed by atoms with Crippen molar-refractivity contribution in [2.45, 2.75) is 19.3 Å². The molecule has 1 fully saturated rings. The number of rotatable bonds is 1. The van der Waals surface area contributed by atoms with E-state index in [0.717, 1.165) is 47.8 Å². The first-order valence-electron chi connectivity index (χ1n) is 9.74. The predicted octanol–water partition coefficient (Wildman–Crippen LogP) is 1.96. The van der Waals surface area contributed by atoms with E-state index in [1.807, 2.05) is 30.3 Å². The Hall–Kier alpha value is -3.68. The maximum absolute atomic E-state index is 13.4. The summed E-state index contributed by atoms with van der Waals surface area (Å²) in [6.07, 6.45) is 3.56. The molecule has 0 bridgehead atoms. The number of imidazole rings is 1. The fraction of sp³-hybridized carbons (Fsp3) is 0.238. The number of pyridine rings is 1. The van der Waals surface area contributed by atoms with E-state index in [9.17, 15) is 14.4 Å². The Kier molecular flexibility index (Phi) is 3.18. The van der Waals surface area contributed by atoms with E-state index in [4.69, 9.17) is 0 Å². The number of H-pyrrole nitrogens is 2. The van der Waals surface area contributed by atoms with Gasteiger partial charge in [0.05, 0.1) is 0 Å². The molecule has 1 aliphatic heterocycles. The molecule has 0 saturated carbocycles. The number of nitrogens with zero attached hydrogens (tertiary/aromatic N) is 3. The van der Waals surface area contributed by atoms with Crippen LogP contribution in [0.1, 0.15) is 19.3 Å². The second kappa shape index (κ2) is 5.66. The number of fused-ring (bicyclic) bond motifs is 4. The summed E-state index contributed by atoms with van der Waals surface area (Å²) in [5.74, 6) is 0. The Morgan fingerprint density at radius 2 is 1.66 bits per heavy atom. The third kappa shape index (κ3) is 2.14. The minimum Gasteiger partial charge on any atom is -0.371 e. The van der Waals surface area contributed by atoms with E-state index in [1.54, 1.807) is 0 Å². The standard InChI is InChI=1S/C21H17N5O3/c27-19-16-17(23-21(29)24-19)22-18-12-6-4-5-11-14(25-9-2-1-3-10-25)8-7-13(15(11)12)20(28)26(16)18/h4-8H,1-3,9-10H2,(H2,23,24,27,29). The summed E-state index contributed by atoms with van der Waals surface area (Å²) in [4.78, 5) is 49.0. The van der Waals surface area contributed by atoms with Crippen molar-refractivity contribution < 1.29 is 0 Å². The van der Waals surface area contributed by atoms with Crippen LogP contribution in [0.3, 0.4) is 0 Å². The van der Waals surface area contributed by atoms with Gasteiger partial charge in [0.2, 0.25) is 0 Å². The van der Waals surface area contributed by atoms with Gasteiger partial charge in [-0.15, -0.1) is 0 Å². The van der Waals surface area contributed by atoms with Gasteiger partial charge in [-0.2, -0.15) is 0 Å². The van der Waals surface area contributed by atoms with Crippen LogP contribution < -0.4 is 21.7 Å². The highest BCUT2D eigenvalue weighted by Gasteiger charge is 2.21. The van der Waals surface area contributed by atoms with Crippen LogP contribution >= 0.6 is 0 Å². The summed E-state index contributed by atoms with van der Waals surface area (Å²) in [5, 5.41) is 3.18. The van der Waals surface area contributed by atoms with Crippen molar-refractivity contribution in [3.63, 3.8) is 0 Å². The van der Waals surface area contributed by atoms with Crippen LogP contribution in [0.5, 0.6) is 0 Å². The summed E-state index contributed by atoms with van der Waals surface area (Å²) in [6, 6.07) is 9.73. The third-order valence-electron chi connectivity index (χ3n) is 5.94. The first-order valence-corrected chi connectivity index (χ1v) is 9.74. The maximum atomic E-state index is 13.4. The number of hydrogen-bond acceptors (Lipinski definition) is 5. The molecule has 1 aliphatic rings. The number of aromatic amines is 2. The Balaban J connectivity index is 1.82. The average Bonchev–Trinajstić information content (AvgIpc) is 3.12. The molecule has 8 nitrogen and oxygen atoms in total. The highest BCUT2D eigenvalue weighted by atomic mass is 16.2. The van der Waals surface area contributed by atoms with Crippen molar-refractivity contribution in [2.24, 2.45) is 0 Å². The van der Waals surface area contributed by atoms with Crippen molar-refractivity contribution in [3.8, 4) is 0 Å². The number of piperidine rings is 1. The van der Waals surface area contributed by atoms with Gasteiger partial charge in [-0.3, -0.25) is 24.0 Å². The number of nitrogens with one attached hydrogen (secondary N) is 2. The lowest BCUT2D eigenvalue weighted by molar-refractivity contribution is 0.579. The lowest BCUT2D eigenvalue weighted by Gasteiger charge is -2.30. The lowest BCUT2D eigenvalue weighted by atomic mass is 9.99. The van der Waals surface area contributed by atoms with E-state index in [2.05, 4.69) is 19.9 Å². The zero-order chi connectivity index (χ0) is 19.7. The molecule has 0 amide bonds. The molecule has 3 aromatic heterocycles. The predicted molar refractivity (Wildman–Crippen MR) is 112 cm³/mol. The van der Waals surface area contributed by atoms with Crippen molar-refractivity contribution in [2.75, 3.05) is 18.0 Å². The third-order valence-corrected chi connectivity index (χ3v) is 5.94. The van der Waals surface area contributed by atoms with Gasteiger partial charge in [0, 0.05) is 40.3 Å². The van der Waals surface area contributed by atoms with Crippen LogP contribution in [0.4, 0.5) is 5.69 Å². The van der Waals surface area contributed by atoms with Crippen LogP contribution in [0.2, 0.25) is 0 Å². The molecule has 0 atom stereocenters. The second-order valence-corrected chi connectivity index (χ2v) is 7.59. The van der Waals surface area contributed by atoms with Crippen molar-refractivity contribution in [1.82, 2.24) is 19.4 Å². The van der Waals surface area contributed by atoms with Crippen LogP contribution in [0.15, 0.2) is 44.7 Å². The smallest absolute Gasteiger partial charge is 0.327 e. The van der Waals surface area contributed by atoms with Gasteiger partial charge >= 0.3 is 5.69 Å². The molecule has 0 spiro atoms. The average molecular weight is 387 g/mol. The van der Waals surface area contributed by atoms with Crippen molar-refractivity contribution >= 4 is 44.0 Å². The minimum absolute atomic E-state index is 0.0624. The SMILES string of the molecule is O=c1[nH]c(=O)c2c(nc3c4cccc5c(N6CCCCC6)ccc(c(=O)n32)c54)[nH]1. The molecule has 2 aromatic carbocycles. The molecule has 144 valence electrons. The monoisotopic (exact) mass is 387 g/mol. The Labute approximate surface area is 162 Å². The Bertz CT molecular complexity index is 1610. The summed E-state index contributed by atoms with van der Waals surface area (Å²) < 4.78 is 1.31. The maximum Gasteiger partial charge on any atom is 0.327 e. The van der Waals surface area contributed by atoms with Gasteiger partial charge in [0.15, 0.2) is 16.8 Å². The first kappa shape index (κ1) is 16.3. The lowest BCUT2D eigenvalue weighted by Crippen LogP contribution is -2.29. The molecular formula is C21H17N5O3. The summed E-state index contributed by atoms with van der Waals surface area (Å²) >= 11 is 0. The summed E-state index contributed by atoms with van der Waals surface area (Å²) in [5.41, 5.74) is 0.0922. The molecule has 0 radical (unpaired) electrons. The van der Waals surface area contributed by atoms with Crippen LogP contribution in [0.25, 0.3) is 38.4 Å². The van der Waals surface area contributed by atoms with Gasteiger partial charge in [0.1, 0.15) is 0 Å². The molecule has 6 rings (SSSR count). The normalized spacial score (nSPS) is 15.2. The van der Waals surface area contributed by atoms with Crippen LogP contribution in [-0.2, 0) is 0 Å². The van der Waals surface area contributed by atoms with Gasteiger partial charge in [-0.25, -0.2) is 9.78 Å². The van der Waals surface area contributed by atoms with Crippen LogP contribution in [0, 0.1) is 0 Å². The highest BCUT2D eigenvalue weighted by Crippen LogP contribution is 2.35. The topological polar surface area (TPSA) is 103 Å². The van der Waals surface area contributed by atoms with Crippen LogP contribution in [-0.4, -0.2) is 32.4 Å². The van der Waals surface area contributed by atoms with Crippen molar-refractivity contribution in [3.05, 3.63) is 61.5 Å². The summed E-state index contributed by atoms with van der Waals surface area (Å²) in [6.45, 7) is 2.00. The van der Waals surface area contributed by atoms with Crippen molar-refractivity contribution in [1.29, 1.82) is 0 Å². The Morgan fingerprint density at radius 3 is 2.48 bits per heavy atom. The molecule has 29 heavy (non-hydrogen) atoms. The van der Waals surface area contributed by atoms with E-state index in [1.165, 1.54) is 10.8 Å². The molecule has 8 heteroatoms. The molecular weight excluding hydrogens is 370 g/mol. The minimum atomic E-state index is -0.645.